The summed E-state index contributed by atoms with van der Waals surface area (Å²) in [5, 5.41) is 9.49. The smallest absolute Gasteiger partial charge is 0.495 e. The van der Waals surface area contributed by atoms with Crippen LogP contribution < -0.4 is 20.7 Å². The van der Waals surface area contributed by atoms with Gasteiger partial charge in [0.1, 0.15) is 23.6 Å². The van der Waals surface area contributed by atoms with Crippen molar-refractivity contribution in [3.05, 3.63) is 87.2 Å². The lowest BCUT2D eigenvalue weighted by Crippen LogP contribution is -2.49. The topological polar surface area (TPSA) is 160 Å². The van der Waals surface area contributed by atoms with Gasteiger partial charge < -0.3 is 44.4 Å². The van der Waals surface area contributed by atoms with Gasteiger partial charge in [-0.2, -0.15) is 0 Å². The number of esters is 1. The fourth-order valence-corrected chi connectivity index (χ4v) is 7.47. The highest BCUT2D eigenvalue weighted by molar-refractivity contribution is 6.31. The first-order valence-electron chi connectivity index (χ1n) is 17.5. The molecule has 3 aromatic carbocycles. The average Bonchev–Trinajstić information content (AvgIpc) is 3.59. The van der Waals surface area contributed by atoms with Gasteiger partial charge in [-0.3, -0.25) is 9.59 Å². The number of fused-ring (bicyclic) bond motifs is 2. The van der Waals surface area contributed by atoms with Crippen molar-refractivity contribution in [2.75, 3.05) is 51.3 Å². The molecule has 1 saturated heterocycles. The Bertz CT molecular complexity index is 1920. The zero-order chi connectivity index (χ0) is 40.1. The minimum absolute atomic E-state index is 0.0325. The van der Waals surface area contributed by atoms with Crippen LogP contribution in [-0.4, -0.2) is 83.0 Å². The molecule has 5 rings (SSSR count). The highest BCUT2D eigenvalue weighted by Crippen LogP contribution is 2.57. The van der Waals surface area contributed by atoms with Crippen LogP contribution in [0.25, 0.3) is 0 Å². The molecule has 2 amide bonds. The number of carbonyl (C=O) groups excluding carboxylic acids is 4. The van der Waals surface area contributed by atoms with Crippen molar-refractivity contribution in [2.24, 2.45) is 5.41 Å². The molecule has 55 heavy (non-hydrogen) atoms. The summed E-state index contributed by atoms with van der Waals surface area (Å²) in [6, 6.07) is 12.0. The van der Waals surface area contributed by atoms with E-state index in [4.69, 9.17) is 51.6 Å². The fourth-order valence-electron chi connectivity index (χ4n) is 7.11. The number of methoxy groups -OCH3 is 2. The van der Waals surface area contributed by atoms with Crippen molar-refractivity contribution >= 4 is 58.5 Å². The SMILES string of the molecule is COCCOCCOC(=O)OC(C)OC(=O)c1ccc(NC(=O)[C@@H]2N[C@@H](CC(C)(C)C)[C@@]3(C(=O)Nc4cc(Cl)c(F)cc43)[C@H]2c2cccc(Cl)c2)c(OC)c1. The van der Waals surface area contributed by atoms with Gasteiger partial charge in [0.15, 0.2) is 0 Å². The maximum atomic E-state index is 15.3. The van der Waals surface area contributed by atoms with E-state index in [9.17, 15) is 19.2 Å². The van der Waals surface area contributed by atoms with E-state index in [-0.39, 0.29) is 40.7 Å². The second-order valence-corrected chi connectivity index (χ2v) is 15.2. The van der Waals surface area contributed by atoms with E-state index in [0.29, 0.717) is 41.5 Å². The Morgan fingerprint density at radius 3 is 2.42 bits per heavy atom. The Hall–Kier alpha value is -4.47. The van der Waals surface area contributed by atoms with Crippen molar-refractivity contribution in [1.82, 2.24) is 5.32 Å². The molecule has 0 aliphatic carbocycles. The van der Waals surface area contributed by atoms with Gasteiger partial charge in [-0.05, 0) is 65.4 Å². The van der Waals surface area contributed by atoms with E-state index >= 15 is 4.39 Å². The molecular weight excluding hydrogens is 760 g/mol. The maximum absolute atomic E-state index is 15.3. The Labute approximate surface area is 328 Å². The molecule has 3 N–H and O–H groups in total. The summed E-state index contributed by atoms with van der Waals surface area (Å²) in [6.45, 7) is 8.17. The van der Waals surface area contributed by atoms with Gasteiger partial charge >= 0.3 is 12.1 Å². The van der Waals surface area contributed by atoms with Crippen molar-refractivity contribution in [1.29, 1.82) is 0 Å². The van der Waals surface area contributed by atoms with E-state index in [0.717, 1.165) is 0 Å². The first kappa shape index (κ1) is 41.7. The number of hydrogen-bond donors (Lipinski definition) is 3. The third-order valence-electron chi connectivity index (χ3n) is 9.30. The molecule has 1 unspecified atom stereocenters. The number of carbonyl (C=O) groups is 4. The lowest BCUT2D eigenvalue weighted by molar-refractivity contribution is -0.122. The molecule has 3 aromatic rings. The van der Waals surface area contributed by atoms with E-state index in [1.807, 2.05) is 20.8 Å². The lowest BCUT2D eigenvalue weighted by Gasteiger charge is -2.37. The summed E-state index contributed by atoms with van der Waals surface area (Å²) in [5.74, 6) is -3.25. The van der Waals surface area contributed by atoms with Crippen LogP contribution in [0.15, 0.2) is 54.6 Å². The van der Waals surface area contributed by atoms with Crippen LogP contribution in [-0.2, 0) is 38.7 Å². The van der Waals surface area contributed by atoms with Gasteiger partial charge in [-0.25, -0.2) is 14.0 Å². The molecule has 2 aliphatic rings. The van der Waals surface area contributed by atoms with Gasteiger partial charge in [0, 0.05) is 36.7 Å². The first-order valence-corrected chi connectivity index (χ1v) is 18.3. The summed E-state index contributed by atoms with van der Waals surface area (Å²) in [6.07, 6.45) is -1.93. The van der Waals surface area contributed by atoms with Gasteiger partial charge in [0.25, 0.3) is 0 Å². The van der Waals surface area contributed by atoms with Crippen LogP contribution in [0.2, 0.25) is 10.0 Å². The molecule has 0 saturated carbocycles. The van der Waals surface area contributed by atoms with Crippen molar-refractivity contribution < 1.29 is 52.0 Å². The second kappa shape index (κ2) is 17.5. The predicted octanol–water partition coefficient (Wildman–Crippen LogP) is 6.85. The van der Waals surface area contributed by atoms with Crippen LogP contribution in [0.3, 0.4) is 0 Å². The summed E-state index contributed by atoms with van der Waals surface area (Å²) >= 11 is 12.6. The van der Waals surface area contributed by atoms with Crippen LogP contribution in [0.5, 0.6) is 5.75 Å². The third-order valence-corrected chi connectivity index (χ3v) is 9.83. The Morgan fingerprint density at radius 2 is 1.73 bits per heavy atom. The molecule has 13 nitrogen and oxygen atoms in total. The van der Waals surface area contributed by atoms with Crippen LogP contribution >= 0.6 is 23.2 Å². The number of anilines is 2. The Kier molecular flexibility index (Phi) is 13.3. The van der Waals surface area contributed by atoms with E-state index in [1.165, 1.54) is 51.5 Å². The number of halogens is 3. The van der Waals surface area contributed by atoms with Crippen LogP contribution in [0, 0.1) is 11.2 Å². The van der Waals surface area contributed by atoms with E-state index in [1.54, 1.807) is 24.3 Å². The largest absolute Gasteiger partial charge is 0.511 e. The molecular formula is C39H44Cl2FN3O10. The number of hydrogen-bond acceptors (Lipinski definition) is 11. The fraction of sp³-hybridized carbons (Fsp3) is 0.436. The second-order valence-electron chi connectivity index (χ2n) is 14.3. The summed E-state index contributed by atoms with van der Waals surface area (Å²) < 4.78 is 46.0. The molecule has 16 heteroatoms. The molecule has 0 aromatic heterocycles. The summed E-state index contributed by atoms with van der Waals surface area (Å²) in [5.41, 5.74) is -0.242. The highest BCUT2D eigenvalue weighted by atomic mass is 35.5. The Morgan fingerprint density at radius 1 is 0.982 bits per heavy atom. The summed E-state index contributed by atoms with van der Waals surface area (Å²) in [4.78, 5) is 53.9. The molecule has 0 bridgehead atoms. The predicted molar refractivity (Wildman–Crippen MR) is 202 cm³/mol. The first-order chi connectivity index (χ1) is 26.1. The van der Waals surface area contributed by atoms with E-state index in [2.05, 4.69) is 16.0 Å². The van der Waals surface area contributed by atoms with Crippen LogP contribution in [0.4, 0.5) is 20.6 Å². The molecule has 1 spiro atoms. The monoisotopic (exact) mass is 803 g/mol. The molecule has 5 atom stereocenters. The number of rotatable bonds is 14. The van der Waals surface area contributed by atoms with Crippen LogP contribution in [0.1, 0.15) is 61.5 Å². The number of benzene rings is 3. The standard InChI is InChI=1S/C39H44Cl2FN3O10/c1-21(55-37(49)53-15-14-52-13-12-50-5)54-35(47)23-10-11-28(30(17-23)51-6)43-34(46)33-32(22-8-7-9-24(40)16-22)39(31(45-33)20-38(2,3)4)25-18-27(42)26(41)19-29(25)44-36(39)48/h7-11,16-19,21,31-33,45H,12-15,20H2,1-6H3,(H,43,46)(H,44,48)/t21?,31-,32-,33+,39+/m0/s1. The minimum Gasteiger partial charge on any atom is -0.495 e. The third kappa shape index (κ3) is 9.33. The molecule has 2 heterocycles. The average molecular weight is 805 g/mol. The van der Waals surface area contributed by atoms with Crippen molar-refractivity contribution in [2.45, 2.75) is 63.8 Å². The van der Waals surface area contributed by atoms with E-state index < -0.39 is 59.5 Å². The van der Waals surface area contributed by atoms with Gasteiger partial charge in [-0.1, -0.05) is 56.1 Å². The lowest BCUT2D eigenvalue weighted by atomic mass is 9.62. The normalized spacial score (nSPS) is 20.7. The molecule has 1 fully saturated rings. The zero-order valence-corrected chi connectivity index (χ0v) is 32.8. The summed E-state index contributed by atoms with van der Waals surface area (Å²) in [7, 11) is 2.89. The highest BCUT2D eigenvalue weighted by Gasteiger charge is 2.66. The van der Waals surface area contributed by atoms with Gasteiger partial charge in [0.05, 0.1) is 49.2 Å². The minimum atomic E-state index is -1.46. The molecule has 0 radical (unpaired) electrons. The maximum Gasteiger partial charge on any atom is 0.511 e. The van der Waals surface area contributed by atoms with Crippen molar-refractivity contribution in [3.8, 4) is 5.75 Å². The Balaban J connectivity index is 1.40. The molecule has 2 aliphatic heterocycles. The zero-order valence-electron chi connectivity index (χ0n) is 31.3. The van der Waals surface area contributed by atoms with Crippen molar-refractivity contribution in [3.63, 3.8) is 0 Å². The number of ether oxygens (including phenoxy) is 6. The number of nitrogens with one attached hydrogen (secondary N) is 3. The molecule has 296 valence electrons. The van der Waals surface area contributed by atoms with Gasteiger partial charge in [0.2, 0.25) is 18.1 Å². The van der Waals surface area contributed by atoms with Gasteiger partial charge in [-0.15, -0.1) is 0 Å². The quantitative estimate of drug-likeness (QED) is 0.0889. The number of amides is 2.